The van der Waals surface area contributed by atoms with Crippen LogP contribution < -0.4 is 4.74 Å². The predicted octanol–water partition coefficient (Wildman–Crippen LogP) is 4.45. The number of phenolic OH excluding ortho intramolecular Hbond substituents is 2. The summed E-state index contributed by atoms with van der Waals surface area (Å²) < 4.78 is 5.72. The summed E-state index contributed by atoms with van der Waals surface area (Å²) >= 11 is 0. The van der Waals surface area contributed by atoms with Crippen LogP contribution in [0.25, 0.3) is 12.2 Å². The van der Waals surface area contributed by atoms with Gasteiger partial charge in [0.1, 0.15) is 17.2 Å². The molecule has 0 amide bonds. The zero-order chi connectivity index (χ0) is 15.2. The van der Waals surface area contributed by atoms with E-state index in [1.807, 2.05) is 43.3 Å². The van der Waals surface area contributed by atoms with Gasteiger partial charge in [-0.25, -0.2) is 0 Å². The van der Waals surface area contributed by atoms with Gasteiger partial charge in [0.2, 0.25) is 0 Å². The summed E-state index contributed by atoms with van der Waals surface area (Å²) in [6.07, 6.45) is 4.94. The van der Waals surface area contributed by atoms with Crippen molar-refractivity contribution in [3.63, 3.8) is 0 Å². The highest BCUT2D eigenvalue weighted by atomic mass is 16.5. The molecule has 1 unspecified atom stereocenters. The summed E-state index contributed by atoms with van der Waals surface area (Å²) in [5.41, 5.74) is 1.77. The molecule has 0 spiro atoms. The molecule has 0 heterocycles. The minimum Gasteiger partial charge on any atom is -0.508 e. The first-order valence-corrected chi connectivity index (χ1v) is 7.04. The minimum absolute atomic E-state index is 0.0481. The normalized spacial score (nSPS) is 12.5. The molecule has 3 heteroatoms. The van der Waals surface area contributed by atoms with Crippen LogP contribution in [0.15, 0.2) is 42.5 Å². The fourth-order valence-corrected chi connectivity index (χ4v) is 1.88. The van der Waals surface area contributed by atoms with E-state index in [4.69, 9.17) is 4.74 Å². The van der Waals surface area contributed by atoms with Crippen molar-refractivity contribution in [1.29, 1.82) is 0 Å². The molecule has 2 aromatic rings. The van der Waals surface area contributed by atoms with E-state index in [1.165, 1.54) is 6.07 Å². The van der Waals surface area contributed by atoms with Crippen LogP contribution in [-0.4, -0.2) is 16.3 Å². The standard InChI is InChI=1S/C18H20O3/c1-3-13(2)21-18-8-6-14(7-9-18)4-5-15-10-16(19)12-17(20)11-15/h4-13,19-20H,3H2,1-2H3/b5-4+. The minimum atomic E-state index is 0.0481. The van der Waals surface area contributed by atoms with Gasteiger partial charge in [0.25, 0.3) is 0 Å². The smallest absolute Gasteiger partial charge is 0.119 e. The third kappa shape index (κ3) is 4.56. The maximum Gasteiger partial charge on any atom is 0.119 e. The molecule has 0 aliphatic carbocycles. The van der Waals surface area contributed by atoms with Crippen molar-refractivity contribution in [1.82, 2.24) is 0 Å². The lowest BCUT2D eigenvalue weighted by Crippen LogP contribution is -2.09. The highest BCUT2D eigenvalue weighted by Crippen LogP contribution is 2.22. The largest absolute Gasteiger partial charge is 0.508 e. The molecule has 0 fully saturated rings. The zero-order valence-corrected chi connectivity index (χ0v) is 12.3. The van der Waals surface area contributed by atoms with Gasteiger partial charge in [0, 0.05) is 6.07 Å². The second-order valence-electron chi connectivity index (χ2n) is 5.02. The number of benzene rings is 2. The number of phenols is 2. The molecule has 21 heavy (non-hydrogen) atoms. The molecular weight excluding hydrogens is 264 g/mol. The molecule has 2 aromatic carbocycles. The average Bonchev–Trinajstić information content (AvgIpc) is 2.45. The average molecular weight is 284 g/mol. The van der Waals surface area contributed by atoms with E-state index in [2.05, 4.69) is 6.92 Å². The lowest BCUT2D eigenvalue weighted by Gasteiger charge is -2.12. The van der Waals surface area contributed by atoms with Crippen molar-refractivity contribution >= 4 is 12.2 Å². The maximum atomic E-state index is 9.42. The lowest BCUT2D eigenvalue weighted by molar-refractivity contribution is 0.217. The Morgan fingerprint density at radius 3 is 2.10 bits per heavy atom. The van der Waals surface area contributed by atoms with Crippen molar-refractivity contribution in [2.45, 2.75) is 26.4 Å². The van der Waals surface area contributed by atoms with Gasteiger partial charge in [0.05, 0.1) is 6.10 Å². The van der Waals surface area contributed by atoms with Gasteiger partial charge >= 0.3 is 0 Å². The van der Waals surface area contributed by atoms with Crippen molar-refractivity contribution in [3.8, 4) is 17.2 Å². The number of hydrogen-bond donors (Lipinski definition) is 2. The molecule has 0 aliphatic rings. The van der Waals surface area contributed by atoms with E-state index in [0.29, 0.717) is 0 Å². The quantitative estimate of drug-likeness (QED) is 0.798. The van der Waals surface area contributed by atoms with Crippen molar-refractivity contribution < 1.29 is 14.9 Å². The zero-order valence-electron chi connectivity index (χ0n) is 12.3. The second-order valence-corrected chi connectivity index (χ2v) is 5.02. The van der Waals surface area contributed by atoms with E-state index in [1.54, 1.807) is 12.1 Å². The number of ether oxygens (including phenoxy) is 1. The van der Waals surface area contributed by atoms with Gasteiger partial charge in [-0.15, -0.1) is 0 Å². The summed E-state index contributed by atoms with van der Waals surface area (Å²) in [6.45, 7) is 4.13. The highest BCUT2D eigenvalue weighted by molar-refractivity contribution is 5.71. The molecule has 110 valence electrons. The fourth-order valence-electron chi connectivity index (χ4n) is 1.88. The van der Waals surface area contributed by atoms with Gasteiger partial charge < -0.3 is 14.9 Å². The molecule has 0 aromatic heterocycles. The topological polar surface area (TPSA) is 49.7 Å². The third-order valence-electron chi connectivity index (χ3n) is 3.19. The van der Waals surface area contributed by atoms with Crippen LogP contribution in [0.3, 0.4) is 0 Å². The Morgan fingerprint density at radius 1 is 0.952 bits per heavy atom. The number of rotatable bonds is 5. The van der Waals surface area contributed by atoms with Crippen LogP contribution >= 0.6 is 0 Å². The Labute approximate surface area is 125 Å². The van der Waals surface area contributed by atoms with Crippen molar-refractivity contribution in [2.24, 2.45) is 0 Å². The van der Waals surface area contributed by atoms with Gasteiger partial charge in [-0.2, -0.15) is 0 Å². The van der Waals surface area contributed by atoms with E-state index in [-0.39, 0.29) is 17.6 Å². The molecule has 0 radical (unpaired) electrons. The summed E-state index contributed by atoms with van der Waals surface area (Å²) in [5, 5.41) is 18.8. The molecule has 0 saturated carbocycles. The summed E-state index contributed by atoms with van der Waals surface area (Å²) in [4.78, 5) is 0. The second kappa shape index (κ2) is 6.84. The van der Waals surface area contributed by atoms with Crippen LogP contribution in [0.1, 0.15) is 31.4 Å². The maximum absolute atomic E-state index is 9.42. The Balaban J connectivity index is 2.07. The summed E-state index contributed by atoms with van der Waals surface area (Å²) in [6, 6.07) is 12.3. The molecule has 2 N–H and O–H groups in total. The van der Waals surface area contributed by atoms with Crippen LogP contribution in [0.5, 0.6) is 17.2 Å². The van der Waals surface area contributed by atoms with Crippen molar-refractivity contribution in [3.05, 3.63) is 53.6 Å². The van der Waals surface area contributed by atoms with Gasteiger partial charge in [0.15, 0.2) is 0 Å². The fraction of sp³-hybridized carbons (Fsp3) is 0.222. The van der Waals surface area contributed by atoms with Crippen LogP contribution in [0.2, 0.25) is 0 Å². The molecular formula is C18H20O3. The van der Waals surface area contributed by atoms with Gasteiger partial charge in [-0.05, 0) is 48.7 Å². The molecule has 3 nitrogen and oxygen atoms in total. The molecule has 2 rings (SSSR count). The number of hydrogen-bond acceptors (Lipinski definition) is 3. The van der Waals surface area contributed by atoms with Crippen molar-refractivity contribution in [2.75, 3.05) is 0 Å². The molecule has 0 aliphatic heterocycles. The summed E-state index contributed by atoms with van der Waals surface area (Å²) in [7, 11) is 0. The Hall–Kier alpha value is -2.42. The predicted molar refractivity (Wildman–Crippen MR) is 85.5 cm³/mol. The third-order valence-corrected chi connectivity index (χ3v) is 3.19. The number of aromatic hydroxyl groups is 2. The van der Waals surface area contributed by atoms with Gasteiger partial charge in [-0.1, -0.05) is 31.2 Å². The summed E-state index contributed by atoms with van der Waals surface area (Å²) in [5.74, 6) is 0.954. The van der Waals surface area contributed by atoms with Crippen LogP contribution in [-0.2, 0) is 0 Å². The monoisotopic (exact) mass is 284 g/mol. The highest BCUT2D eigenvalue weighted by Gasteiger charge is 2.00. The first-order valence-electron chi connectivity index (χ1n) is 7.04. The van der Waals surface area contributed by atoms with E-state index >= 15 is 0 Å². The van der Waals surface area contributed by atoms with E-state index < -0.39 is 0 Å². The van der Waals surface area contributed by atoms with E-state index in [0.717, 1.165) is 23.3 Å². The van der Waals surface area contributed by atoms with Crippen LogP contribution in [0.4, 0.5) is 0 Å². The van der Waals surface area contributed by atoms with E-state index in [9.17, 15) is 10.2 Å². The molecule has 0 saturated heterocycles. The van der Waals surface area contributed by atoms with Crippen LogP contribution in [0, 0.1) is 0 Å². The lowest BCUT2D eigenvalue weighted by atomic mass is 10.1. The van der Waals surface area contributed by atoms with Gasteiger partial charge in [-0.3, -0.25) is 0 Å². The Morgan fingerprint density at radius 2 is 1.52 bits per heavy atom. The SMILES string of the molecule is CCC(C)Oc1ccc(/C=C/c2cc(O)cc(O)c2)cc1. The Bertz CT molecular complexity index is 595. The molecule has 1 atom stereocenters. The Kier molecular flexibility index (Phi) is 4.88. The first-order chi connectivity index (χ1) is 10.1. The molecule has 0 bridgehead atoms. The first kappa shape index (κ1) is 15.0.